The van der Waals surface area contributed by atoms with E-state index in [1.54, 1.807) is 0 Å². The molecule has 0 spiro atoms. The molecular formula is C20H37NO4. The Morgan fingerprint density at radius 1 is 0.920 bits per heavy atom. The zero-order valence-electron chi connectivity index (χ0n) is 15.8. The average Bonchev–Trinajstić information content (AvgIpc) is 2.57. The number of amides is 1. The number of aliphatic hydroxyl groups excluding tert-OH is 1. The van der Waals surface area contributed by atoms with Gasteiger partial charge in [0.2, 0.25) is 5.91 Å². The summed E-state index contributed by atoms with van der Waals surface area (Å²) in [5.41, 5.74) is 0. The average molecular weight is 356 g/mol. The Bertz CT molecular complexity index is 369. The summed E-state index contributed by atoms with van der Waals surface area (Å²) in [6.07, 6.45) is 17.7. The van der Waals surface area contributed by atoms with Gasteiger partial charge in [-0.15, -0.1) is 0 Å². The van der Waals surface area contributed by atoms with Crippen molar-refractivity contribution in [1.82, 2.24) is 5.32 Å². The summed E-state index contributed by atoms with van der Waals surface area (Å²) in [5.74, 6) is -1.49. The van der Waals surface area contributed by atoms with Crippen LogP contribution in [0.2, 0.25) is 0 Å². The molecule has 0 aliphatic rings. The van der Waals surface area contributed by atoms with Crippen molar-refractivity contribution in [2.24, 2.45) is 0 Å². The zero-order valence-corrected chi connectivity index (χ0v) is 15.8. The lowest BCUT2D eigenvalue weighted by molar-refractivity contribution is -0.138. The van der Waals surface area contributed by atoms with E-state index < -0.39 is 24.5 Å². The van der Waals surface area contributed by atoms with Gasteiger partial charge >= 0.3 is 5.97 Å². The molecule has 3 N–H and O–H groups in total. The van der Waals surface area contributed by atoms with Crippen molar-refractivity contribution in [3.05, 3.63) is 12.2 Å². The van der Waals surface area contributed by atoms with Crippen LogP contribution in [0.25, 0.3) is 0 Å². The summed E-state index contributed by atoms with van der Waals surface area (Å²) in [7, 11) is 0. The molecule has 0 aromatic carbocycles. The maximum atomic E-state index is 11.3. The van der Waals surface area contributed by atoms with E-state index in [1.165, 1.54) is 44.9 Å². The minimum absolute atomic E-state index is 0.0224. The van der Waals surface area contributed by atoms with Gasteiger partial charge in [-0.25, -0.2) is 0 Å². The van der Waals surface area contributed by atoms with Gasteiger partial charge in [-0.1, -0.05) is 64.0 Å². The SMILES string of the molecule is CCCCCCCCC=CCCCCCC(O)CC(=O)NCC(=O)O. The highest BCUT2D eigenvalue weighted by Crippen LogP contribution is 2.10. The number of hydrogen-bond donors (Lipinski definition) is 3. The molecule has 0 aromatic rings. The Morgan fingerprint density at radius 3 is 2.08 bits per heavy atom. The smallest absolute Gasteiger partial charge is 0.322 e. The normalized spacial score (nSPS) is 12.4. The zero-order chi connectivity index (χ0) is 18.8. The molecule has 0 bridgehead atoms. The number of aliphatic carboxylic acids is 1. The molecule has 0 saturated heterocycles. The first-order valence-corrected chi connectivity index (χ1v) is 9.87. The van der Waals surface area contributed by atoms with Gasteiger partial charge in [0, 0.05) is 0 Å². The van der Waals surface area contributed by atoms with E-state index in [9.17, 15) is 14.7 Å². The van der Waals surface area contributed by atoms with Crippen LogP contribution in [-0.4, -0.2) is 34.7 Å². The Labute approximate surface area is 152 Å². The summed E-state index contributed by atoms with van der Waals surface area (Å²) < 4.78 is 0. The van der Waals surface area contributed by atoms with Crippen LogP contribution < -0.4 is 5.32 Å². The predicted octanol–water partition coefficient (Wildman–Crippen LogP) is 4.20. The van der Waals surface area contributed by atoms with Crippen molar-refractivity contribution in [1.29, 1.82) is 0 Å². The molecule has 0 fully saturated rings. The van der Waals surface area contributed by atoms with Gasteiger partial charge in [0.15, 0.2) is 0 Å². The van der Waals surface area contributed by atoms with E-state index in [0.29, 0.717) is 6.42 Å². The summed E-state index contributed by atoms with van der Waals surface area (Å²) in [5, 5.41) is 20.4. The molecule has 0 aliphatic carbocycles. The minimum Gasteiger partial charge on any atom is -0.480 e. The Hall–Kier alpha value is -1.36. The molecule has 5 heteroatoms. The molecule has 25 heavy (non-hydrogen) atoms. The second-order valence-corrected chi connectivity index (χ2v) is 6.69. The number of nitrogens with one attached hydrogen (secondary N) is 1. The first-order valence-electron chi connectivity index (χ1n) is 9.87. The van der Waals surface area contributed by atoms with E-state index in [-0.39, 0.29) is 6.42 Å². The van der Waals surface area contributed by atoms with Crippen molar-refractivity contribution in [2.45, 2.75) is 96.5 Å². The molecular weight excluding hydrogens is 318 g/mol. The van der Waals surface area contributed by atoms with Gasteiger partial charge in [0.1, 0.15) is 6.54 Å². The fourth-order valence-electron chi connectivity index (χ4n) is 2.66. The van der Waals surface area contributed by atoms with E-state index >= 15 is 0 Å². The van der Waals surface area contributed by atoms with Crippen molar-refractivity contribution in [3.63, 3.8) is 0 Å². The van der Waals surface area contributed by atoms with Gasteiger partial charge in [-0.3, -0.25) is 9.59 Å². The standard InChI is InChI=1S/C20H37NO4/c1-2-3-4-5-6-7-8-9-10-11-12-13-14-15-18(22)16-19(23)21-17-20(24)25/h9-10,18,22H,2-8,11-17H2,1H3,(H,21,23)(H,24,25). The van der Waals surface area contributed by atoms with E-state index in [2.05, 4.69) is 24.4 Å². The number of hydrogen-bond acceptors (Lipinski definition) is 3. The van der Waals surface area contributed by atoms with Crippen LogP contribution in [0, 0.1) is 0 Å². The lowest BCUT2D eigenvalue weighted by Crippen LogP contribution is -2.31. The number of unbranched alkanes of at least 4 members (excludes halogenated alkanes) is 9. The topological polar surface area (TPSA) is 86.6 Å². The van der Waals surface area contributed by atoms with Crippen LogP contribution in [0.1, 0.15) is 90.4 Å². The van der Waals surface area contributed by atoms with Crippen molar-refractivity contribution < 1.29 is 19.8 Å². The molecule has 0 radical (unpaired) electrons. The second kappa shape index (κ2) is 17.5. The third-order valence-electron chi connectivity index (χ3n) is 4.16. The second-order valence-electron chi connectivity index (χ2n) is 6.69. The summed E-state index contributed by atoms with van der Waals surface area (Å²) >= 11 is 0. The summed E-state index contributed by atoms with van der Waals surface area (Å²) in [6.45, 7) is 1.85. The number of aliphatic hydroxyl groups is 1. The van der Waals surface area contributed by atoms with Gasteiger partial charge in [-0.05, 0) is 32.1 Å². The summed E-state index contributed by atoms with van der Waals surface area (Å²) in [6, 6.07) is 0. The number of carbonyl (C=O) groups is 2. The number of rotatable bonds is 17. The monoisotopic (exact) mass is 355 g/mol. The molecule has 0 aliphatic heterocycles. The van der Waals surface area contributed by atoms with E-state index in [0.717, 1.165) is 25.7 Å². The van der Waals surface area contributed by atoms with Crippen molar-refractivity contribution >= 4 is 11.9 Å². The van der Waals surface area contributed by atoms with Crippen LogP contribution in [-0.2, 0) is 9.59 Å². The highest BCUT2D eigenvalue weighted by molar-refractivity contribution is 5.81. The molecule has 0 aromatic heterocycles. The lowest BCUT2D eigenvalue weighted by atomic mass is 10.1. The molecule has 0 heterocycles. The number of allylic oxidation sites excluding steroid dienone is 2. The quantitative estimate of drug-likeness (QED) is 0.270. The minimum atomic E-state index is -1.08. The summed E-state index contributed by atoms with van der Waals surface area (Å²) in [4.78, 5) is 21.7. The molecule has 0 rings (SSSR count). The largest absolute Gasteiger partial charge is 0.480 e. The van der Waals surface area contributed by atoms with E-state index in [4.69, 9.17) is 5.11 Å². The van der Waals surface area contributed by atoms with Crippen LogP contribution in [0.4, 0.5) is 0 Å². The van der Waals surface area contributed by atoms with Crippen LogP contribution in [0.15, 0.2) is 12.2 Å². The molecule has 5 nitrogen and oxygen atoms in total. The van der Waals surface area contributed by atoms with Gasteiger partial charge in [-0.2, -0.15) is 0 Å². The maximum Gasteiger partial charge on any atom is 0.322 e. The predicted molar refractivity (Wildman–Crippen MR) is 101 cm³/mol. The molecule has 146 valence electrons. The van der Waals surface area contributed by atoms with Gasteiger partial charge in [0.25, 0.3) is 0 Å². The van der Waals surface area contributed by atoms with Crippen molar-refractivity contribution in [2.75, 3.05) is 6.54 Å². The molecule has 0 saturated carbocycles. The first kappa shape index (κ1) is 23.6. The number of carboxylic acid groups (broad SMARTS) is 1. The molecule has 1 atom stereocenters. The Balaban J connectivity index is 3.37. The van der Waals surface area contributed by atoms with Crippen LogP contribution >= 0.6 is 0 Å². The Morgan fingerprint density at radius 2 is 1.48 bits per heavy atom. The third kappa shape index (κ3) is 18.8. The number of carbonyl (C=O) groups excluding carboxylic acids is 1. The maximum absolute atomic E-state index is 11.3. The third-order valence-corrected chi connectivity index (χ3v) is 4.16. The highest BCUT2D eigenvalue weighted by Gasteiger charge is 2.11. The first-order chi connectivity index (χ1) is 12.1. The number of carboxylic acids is 1. The van der Waals surface area contributed by atoms with Gasteiger partial charge in [0.05, 0.1) is 12.5 Å². The van der Waals surface area contributed by atoms with Gasteiger partial charge < -0.3 is 15.5 Å². The molecule has 1 amide bonds. The molecule has 1 unspecified atom stereocenters. The van der Waals surface area contributed by atoms with Crippen LogP contribution in [0.5, 0.6) is 0 Å². The lowest BCUT2D eigenvalue weighted by Gasteiger charge is -2.09. The van der Waals surface area contributed by atoms with Crippen molar-refractivity contribution in [3.8, 4) is 0 Å². The fourth-order valence-corrected chi connectivity index (χ4v) is 2.66. The van der Waals surface area contributed by atoms with Crippen LogP contribution in [0.3, 0.4) is 0 Å². The van der Waals surface area contributed by atoms with E-state index in [1.807, 2.05) is 0 Å². The fraction of sp³-hybridized carbons (Fsp3) is 0.800. The Kier molecular flexibility index (Phi) is 16.5. The highest BCUT2D eigenvalue weighted by atomic mass is 16.4.